The summed E-state index contributed by atoms with van der Waals surface area (Å²) in [5.74, 6) is 1.76. The first kappa shape index (κ1) is 13.1. The summed E-state index contributed by atoms with van der Waals surface area (Å²) in [7, 11) is 0. The van der Waals surface area contributed by atoms with Crippen molar-refractivity contribution in [3.8, 4) is 0 Å². The minimum absolute atomic E-state index is 0.550. The van der Waals surface area contributed by atoms with E-state index in [4.69, 9.17) is 0 Å². The fourth-order valence-electron chi connectivity index (χ4n) is 2.79. The van der Waals surface area contributed by atoms with Gasteiger partial charge in [0.1, 0.15) is 0 Å². The van der Waals surface area contributed by atoms with Crippen LogP contribution in [0.1, 0.15) is 54.1 Å². The minimum Gasteiger partial charge on any atom is -0.0836 e. The van der Waals surface area contributed by atoms with Crippen LogP contribution in [0.15, 0.2) is 18.2 Å². The fourth-order valence-corrected chi connectivity index (χ4v) is 3.60. The Hall–Kier alpha value is -0.300. The van der Waals surface area contributed by atoms with Gasteiger partial charge in [-0.15, -0.1) is 0 Å². The molecule has 17 heavy (non-hydrogen) atoms. The van der Waals surface area contributed by atoms with Gasteiger partial charge in [0.15, 0.2) is 0 Å². The Labute approximate surface area is 114 Å². The van der Waals surface area contributed by atoms with Crippen LogP contribution in [0.25, 0.3) is 0 Å². The van der Waals surface area contributed by atoms with Crippen LogP contribution in [-0.2, 0) is 0 Å². The monoisotopic (exact) mass is 294 g/mol. The molecule has 0 bridgehead atoms. The first-order valence-electron chi connectivity index (χ1n) is 6.79. The molecule has 0 radical (unpaired) electrons. The molecule has 1 aromatic carbocycles. The molecule has 1 saturated carbocycles. The molecule has 2 rings (SSSR count). The van der Waals surface area contributed by atoms with Crippen LogP contribution in [0.3, 0.4) is 0 Å². The molecule has 94 valence electrons. The largest absolute Gasteiger partial charge is 0.0836 e. The molecule has 0 saturated heterocycles. The molecule has 1 fully saturated rings. The molecule has 1 aliphatic carbocycles. The maximum atomic E-state index is 3.93. The molecule has 1 heteroatoms. The molecule has 0 heterocycles. The summed E-state index contributed by atoms with van der Waals surface area (Å²) in [6, 6.07) is 6.90. The second kappa shape index (κ2) is 5.56. The van der Waals surface area contributed by atoms with Gasteiger partial charge in [-0.3, -0.25) is 0 Å². The molecule has 0 amide bonds. The summed E-state index contributed by atoms with van der Waals surface area (Å²) in [6.07, 6.45) is 5.56. The number of hydrogen-bond acceptors (Lipinski definition) is 0. The smallest absolute Gasteiger partial charge is 0.0423 e. The number of aryl methyl sites for hydroxylation is 2. The highest BCUT2D eigenvalue weighted by atomic mass is 79.9. The van der Waals surface area contributed by atoms with Gasteiger partial charge in [-0.25, -0.2) is 0 Å². The molecule has 1 unspecified atom stereocenters. The van der Waals surface area contributed by atoms with E-state index in [1.807, 2.05) is 0 Å². The average Bonchev–Trinajstić information content (AvgIpc) is 2.33. The molecule has 1 aliphatic rings. The van der Waals surface area contributed by atoms with Crippen molar-refractivity contribution in [1.29, 1.82) is 0 Å². The zero-order valence-corrected chi connectivity index (χ0v) is 12.8. The minimum atomic E-state index is 0.550. The van der Waals surface area contributed by atoms with Gasteiger partial charge in [0.05, 0.1) is 0 Å². The molecule has 1 aromatic rings. The molecule has 0 aromatic heterocycles. The van der Waals surface area contributed by atoms with E-state index in [1.54, 1.807) is 0 Å². The van der Waals surface area contributed by atoms with Crippen LogP contribution in [0.5, 0.6) is 0 Å². The van der Waals surface area contributed by atoms with Gasteiger partial charge in [-0.2, -0.15) is 0 Å². The maximum Gasteiger partial charge on any atom is 0.0423 e. The molecule has 0 nitrogen and oxygen atoms in total. The second-order valence-electron chi connectivity index (χ2n) is 5.77. The lowest BCUT2D eigenvalue weighted by Gasteiger charge is -2.30. The summed E-state index contributed by atoms with van der Waals surface area (Å²) in [5.41, 5.74) is 4.27. The van der Waals surface area contributed by atoms with Crippen LogP contribution in [-0.4, -0.2) is 0 Å². The standard InChI is InChI=1S/C16H23Br/c1-11-4-7-14(8-5-11)16(17)15-9-6-12(2)13(3)10-15/h6,9-11,14,16H,4-5,7-8H2,1-3H3. The number of halogens is 1. The van der Waals surface area contributed by atoms with E-state index in [0.717, 1.165) is 11.8 Å². The zero-order chi connectivity index (χ0) is 12.4. The van der Waals surface area contributed by atoms with Gasteiger partial charge in [0, 0.05) is 4.83 Å². The Morgan fingerprint density at radius 1 is 1.06 bits per heavy atom. The third kappa shape index (κ3) is 3.13. The van der Waals surface area contributed by atoms with Gasteiger partial charge in [0.2, 0.25) is 0 Å². The first-order chi connectivity index (χ1) is 8.08. The Morgan fingerprint density at radius 3 is 2.29 bits per heavy atom. The van der Waals surface area contributed by atoms with Gasteiger partial charge in [-0.1, -0.05) is 53.9 Å². The summed E-state index contributed by atoms with van der Waals surface area (Å²) >= 11 is 3.93. The van der Waals surface area contributed by atoms with Crippen molar-refractivity contribution in [3.63, 3.8) is 0 Å². The van der Waals surface area contributed by atoms with E-state index in [2.05, 4.69) is 54.9 Å². The third-order valence-corrected chi connectivity index (χ3v) is 5.60. The Balaban J connectivity index is 2.08. The van der Waals surface area contributed by atoms with Gasteiger partial charge >= 0.3 is 0 Å². The lowest BCUT2D eigenvalue weighted by atomic mass is 9.80. The van der Waals surface area contributed by atoms with Crippen molar-refractivity contribution in [2.45, 2.75) is 51.3 Å². The van der Waals surface area contributed by atoms with E-state index in [-0.39, 0.29) is 0 Å². The third-order valence-electron chi connectivity index (χ3n) is 4.32. The predicted octanol–water partition coefficient (Wildman–Crippen LogP) is 5.57. The van der Waals surface area contributed by atoms with Crippen molar-refractivity contribution >= 4 is 15.9 Å². The van der Waals surface area contributed by atoms with Gasteiger partial charge < -0.3 is 0 Å². The summed E-state index contributed by atoms with van der Waals surface area (Å²) < 4.78 is 0. The Bertz CT molecular complexity index is 375. The van der Waals surface area contributed by atoms with E-state index in [9.17, 15) is 0 Å². The molecule has 0 spiro atoms. The lowest BCUT2D eigenvalue weighted by Crippen LogP contribution is -2.16. The number of rotatable bonds is 2. The fraction of sp³-hybridized carbons (Fsp3) is 0.625. The van der Waals surface area contributed by atoms with Crippen molar-refractivity contribution in [1.82, 2.24) is 0 Å². The molecule has 1 atom stereocenters. The van der Waals surface area contributed by atoms with E-state index >= 15 is 0 Å². The normalized spacial score (nSPS) is 26.8. The first-order valence-corrected chi connectivity index (χ1v) is 7.70. The van der Waals surface area contributed by atoms with Gasteiger partial charge in [-0.05, 0) is 55.2 Å². The van der Waals surface area contributed by atoms with E-state index in [1.165, 1.54) is 42.4 Å². The van der Waals surface area contributed by atoms with E-state index in [0.29, 0.717) is 4.83 Å². The molecule has 0 N–H and O–H groups in total. The quantitative estimate of drug-likeness (QED) is 0.626. The van der Waals surface area contributed by atoms with Crippen LogP contribution in [0.2, 0.25) is 0 Å². The average molecular weight is 295 g/mol. The summed E-state index contributed by atoms with van der Waals surface area (Å²) in [6.45, 7) is 6.78. The highest BCUT2D eigenvalue weighted by Gasteiger charge is 2.25. The SMILES string of the molecule is Cc1ccc(C(Br)C2CCC(C)CC2)cc1C. The van der Waals surface area contributed by atoms with Crippen LogP contribution < -0.4 is 0 Å². The Morgan fingerprint density at radius 2 is 1.71 bits per heavy atom. The zero-order valence-electron chi connectivity index (χ0n) is 11.2. The van der Waals surface area contributed by atoms with Crippen molar-refractivity contribution in [2.75, 3.05) is 0 Å². The lowest BCUT2D eigenvalue weighted by molar-refractivity contribution is 0.287. The molecule has 0 aliphatic heterocycles. The highest BCUT2D eigenvalue weighted by Crippen LogP contribution is 2.41. The van der Waals surface area contributed by atoms with Gasteiger partial charge in [0.25, 0.3) is 0 Å². The number of benzene rings is 1. The van der Waals surface area contributed by atoms with Crippen molar-refractivity contribution in [3.05, 3.63) is 34.9 Å². The predicted molar refractivity (Wildman–Crippen MR) is 78.7 cm³/mol. The van der Waals surface area contributed by atoms with Crippen LogP contribution in [0.4, 0.5) is 0 Å². The second-order valence-corrected chi connectivity index (χ2v) is 6.75. The summed E-state index contributed by atoms with van der Waals surface area (Å²) in [4.78, 5) is 0.550. The van der Waals surface area contributed by atoms with E-state index < -0.39 is 0 Å². The molecular formula is C16H23Br. The van der Waals surface area contributed by atoms with Crippen molar-refractivity contribution < 1.29 is 0 Å². The topological polar surface area (TPSA) is 0 Å². The highest BCUT2D eigenvalue weighted by molar-refractivity contribution is 9.09. The van der Waals surface area contributed by atoms with Crippen molar-refractivity contribution in [2.24, 2.45) is 11.8 Å². The van der Waals surface area contributed by atoms with Crippen LogP contribution in [0, 0.1) is 25.7 Å². The Kier molecular flexibility index (Phi) is 4.30. The molecular weight excluding hydrogens is 272 g/mol. The maximum absolute atomic E-state index is 3.93. The number of alkyl halides is 1. The summed E-state index contributed by atoms with van der Waals surface area (Å²) in [5, 5.41) is 0. The van der Waals surface area contributed by atoms with Crippen LogP contribution >= 0.6 is 15.9 Å². The number of hydrogen-bond donors (Lipinski definition) is 0.